The molecule has 1 aliphatic rings. The Morgan fingerprint density at radius 2 is 1.70 bits per heavy atom. The monoisotopic (exact) mass is 541 g/mol. The normalized spacial score (nSPS) is 19.9. The number of nitrogens with zero attached hydrogens (tertiary/aromatic N) is 1. The molecule has 6 nitrogen and oxygen atoms in total. The van der Waals surface area contributed by atoms with Crippen LogP contribution in [0.2, 0.25) is 18.1 Å². The summed E-state index contributed by atoms with van der Waals surface area (Å²) in [5.74, 6) is -0.389. The van der Waals surface area contributed by atoms with Gasteiger partial charge in [-0.15, -0.1) is 0 Å². The fourth-order valence-corrected chi connectivity index (χ4v) is 8.08. The van der Waals surface area contributed by atoms with E-state index >= 15 is 0 Å². The Morgan fingerprint density at radius 1 is 1.09 bits per heavy atom. The smallest absolute Gasteiger partial charge is 0.411 e. The Labute approximate surface area is 208 Å². The van der Waals surface area contributed by atoms with Crippen molar-refractivity contribution in [2.24, 2.45) is 0 Å². The molecule has 0 aliphatic carbocycles. The summed E-state index contributed by atoms with van der Waals surface area (Å²) in [6, 6.07) is 11.7. The molecule has 0 bridgehead atoms. The van der Waals surface area contributed by atoms with Gasteiger partial charge < -0.3 is 13.9 Å². The summed E-state index contributed by atoms with van der Waals surface area (Å²) in [5.41, 5.74) is 0.271. The Kier molecular flexibility index (Phi) is 10.4. The molecule has 0 spiro atoms. The Morgan fingerprint density at radius 3 is 2.21 bits per heavy atom. The molecule has 0 N–H and O–H groups in total. The van der Waals surface area contributed by atoms with Crippen LogP contribution in [0.15, 0.2) is 30.3 Å². The topological polar surface area (TPSA) is 65.1 Å². The van der Waals surface area contributed by atoms with Crippen LogP contribution in [0.3, 0.4) is 0 Å². The van der Waals surface area contributed by atoms with Gasteiger partial charge in [-0.1, -0.05) is 67.0 Å². The van der Waals surface area contributed by atoms with E-state index in [1.807, 2.05) is 51.1 Å². The first-order valence-electron chi connectivity index (χ1n) is 12.0. The number of benzene rings is 1. The van der Waals surface area contributed by atoms with Gasteiger partial charge in [0.2, 0.25) is 0 Å². The van der Waals surface area contributed by atoms with Crippen LogP contribution in [0.25, 0.3) is 0 Å². The Bertz CT molecular complexity index is 758. The number of carbonyl (C=O) groups is 2. The maximum Gasteiger partial charge on any atom is 0.411 e. The highest BCUT2D eigenvalue weighted by molar-refractivity contribution is 9.09. The molecule has 8 heteroatoms. The van der Waals surface area contributed by atoms with E-state index in [4.69, 9.17) is 13.9 Å². The van der Waals surface area contributed by atoms with Crippen molar-refractivity contribution >= 4 is 36.3 Å². The zero-order chi connectivity index (χ0) is 24.6. The van der Waals surface area contributed by atoms with Gasteiger partial charge in [0, 0.05) is 5.33 Å². The van der Waals surface area contributed by atoms with Crippen molar-refractivity contribution in [1.82, 2.24) is 4.90 Å². The largest absolute Gasteiger partial charge is 0.458 e. The number of hydrogen-bond acceptors (Lipinski definition) is 5. The molecule has 1 aromatic carbocycles. The average molecular weight is 543 g/mol. The van der Waals surface area contributed by atoms with Crippen LogP contribution in [-0.4, -0.2) is 54.4 Å². The van der Waals surface area contributed by atoms with Gasteiger partial charge >= 0.3 is 12.1 Å². The lowest BCUT2D eigenvalue weighted by molar-refractivity contribution is -0.160. The quantitative estimate of drug-likeness (QED) is 0.198. The zero-order valence-electron chi connectivity index (χ0n) is 20.9. The molecule has 186 valence electrons. The number of halogens is 1. The van der Waals surface area contributed by atoms with Gasteiger partial charge in [-0.3, -0.25) is 4.90 Å². The van der Waals surface area contributed by atoms with Gasteiger partial charge in [-0.25, -0.2) is 9.59 Å². The predicted molar refractivity (Wildman–Crippen MR) is 137 cm³/mol. The standard InChI is InChI=1S/C25H40BrNO5Si/c1-7-33(8-2,9-3)32-22(17-26)20-15-16-21(23(28)31-25(4,5)6)27(20)24(29)30-18-19-13-11-10-12-14-19/h10-14,20-22H,7-9,15-18H2,1-6H3/t20-,21+,22+/m1/s1. The molecule has 1 fully saturated rings. The fraction of sp³-hybridized carbons (Fsp3) is 0.680. The molecule has 1 aromatic rings. The highest BCUT2D eigenvalue weighted by atomic mass is 79.9. The van der Waals surface area contributed by atoms with Gasteiger partial charge in [0.05, 0.1) is 12.1 Å². The lowest BCUT2D eigenvalue weighted by Crippen LogP contribution is -2.54. The third-order valence-electron chi connectivity index (χ3n) is 6.44. The van der Waals surface area contributed by atoms with E-state index in [1.54, 1.807) is 4.90 Å². The van der Waals surface area contributed by atoms with Crippen LogP contribution in [0, 0.1) is 0 Å². The molecule has 0 saturated carbocycles. The minimum atomic E-state index is -1.92. The molecular weight excluding hydrogens is 502 g/mol. The number of ether oxygens (including phenoxy) is 2. The highest BCUT2D eigenvalue weighted by Crippen LogP contribution is 2.34. The molecule has 1 aliphatic heterocycles. The van der Waals surface area contributed by atoms with E-state index < -0.39 is 26.1 Å². The summed E-state index contributed by atoms with van der Waals surface area (Å²) in [6.45, 7) is 12.2. The van der Waals surface area contributed by atoms with Crippen molar-refractivity contribution in [2.45, 2.75) is 103 Å². The molecule has 1 saturated heterocycles. The molecule has 2 rings (SSSR count). The highest BCUT2D eigenvalue weighted by Gasteiger charge is 2.48. The van der Waals surface area contributed by atoms with E-state index in [9.17, 15) is 9.59 Å². The van der Waals surface area contributed by atoms with Gasteiger partial charge in [-0.2, -0.15) is 0 Å². The molecular formula is C25H40BrNO5Si. The number of esters is 1. The van der Waals surface area contributed by atoms with Crippen LogP contribution in [0.4, 0.5) is 4.79 Å². The first kappa shape index (κ1) is 27.9. The molecule has 33 heavy (non-hydrogen) atoms. The van der Waals surface area contributed by atoms with Crippen molar-refractivity contribution in [1.29, 1.82) is 0 Å². The van der Waals surface area contributed by atoms with Crippen molar-refractivity contribution in [3.05, 3.63) is 35.9 Å². The van der Waals surface area contributed by atoms with Crippen LogP contribution >= 0.6 is 15.9 Å². The fourth-order valence-electron chi connectivity index (χ4n) is 4.39. The van der Waals surface area contributed by atoms with Gasteiger partial charge in [-0.05, 0) is 57.3 Å². The first-order valence-corrected chi connectivity index (χ1v) is 15.7. The van der Waals surface area contributed by atoms with E-state index in [-0.39, 0.29) is 24.7 Å². The Balaban J connectivity index is 2.28. The maximum atomic E-state index is 13.3. The molecule has 1 amide bonds. The van der Waals surface area contributed by atoms with Crippen molar-refractivity contribution in [3.63, 3.8) is 0 Å². The number of likely N-dealkylation sites (tertiary alicyclic amines) is 1. The van der Waals surface area contributed by atoms with E-state index in [2.05, 4.69) is 36.7 Å². The summed E-state index contributed by atoms with van der Waals surface area (Å²) in [7, 11) is -1.92. The predicted octanol–water partition coefficient (Wildman–Crippen LogP) is 6.28. The van der Waals surface area contributed by atoms with Gasteiger partial charge in [0.1, 0.15) is 18.2 Å². The number of hydrogen-bond donors (Lipinski definition) is 0. The second kappa shape index (κ2) is 12.4. The average Bonchev–Trinajstić information content (AvgIpc) is 3.24. The van der Waals surface area contributed by atoms with Crippen LogP contribution in [0.1, 0.15) is 59.9 Å². The number of alkyl halides is 1. The molecule has 0 unspecified atom stereocenters. The molecule has 1 heterocycles. The van der Waals surface area contributed by atoms with E-state index in [1.165, 1.54) is 0 Å². The lowest BCUT2D eigenvalue weighted by atomic mass is 10.1. The van der Waals surface area contributed by atoms with Crippen molar-refractivity contribution in [2.75, 3.05) is 5.33 Å². The molecule has 0 radical (unpaired) electrons. The van der Waals surface area contributed by atoms with Crippen LogP contribution < -0.4 is 0 Å². The van der Waals surface area contributed by atoms with Gasteiger partial charge in [0.25, 0.3) is 0 Å². The SMILES string of the molecule is CC[Si](CC)(CC)O[C@@H](CBr)[C@H]1CC[C@@H](C(=O)OC(C)(C)C)N1C(=O)OCc1ccccc1. The first-order chi connectivity index (χ1) is 15.6. The number of carbonyl (C=O) groups excluding carboxylic acids is 2. The number of amides is 1. The summed E-state index contributed by atoms with van der Waals surface area (Å²) in [5, 5.41) is 0.593. The molecule has 0 aromatic heterocycles. The maximum absolute atomic E-state index is 13.3. The lowest BCUT2D eigenvalue weighted by Gasteiger charge is -2.39. The van der Waals surface area contributed by atoms with Crippen LogP contribution in [0.5, 0.6) is 0 Å². The van der Waals surface area contributed by atoms with Crippen molar-refractivity contribution < 1.29 is 23.5 Å². The second-order valence-corrected chi connectivity index (χ2v) is 15.1. The van der Waals surface area contributed by atoms with Crippen molar-refractivity contribution in [3.8, 4) is 0 Å². The minimum absolute atomic E-state index is 0.154. The summed E-state index contributed by atoms with van der Waals surface area (Å²) < 4.78 is 18.1. The minimum Gasteiger partial charge on any atom is -0.458 e. The third-order valence-corrected chi connectivity index (χ3v) is 11.7. The summed E-state index contributed by atoms with van der Waals surface area (Å²) in [6.07, 6.45) is 0.505. The van der Waals surface area contributed by atoms with Gasteiger partial charge in [0.15, 0.2) is 8.32 Å². The third kappa shape index (κ3) is 7.55. The van der Waals surface area contributed by atoms with Crippen LogP contribution in [-0.2, 0) is 25.3 Å². The summed E-state index contributed by atoms with van der Waals surface area (Å²) >= 11 is 3.63. The summed E-state index contributed by atoms with van der Waals surface area (Å²) in [4.78, 5) is 28.0. The zero-order valence-corrected chi connectivity index (χ0v) is 23.5. The van der Waals surface area contributed by atoms with E-state index in [0.717, 1.165) is 23.7 Å². The van der Waals surface area contributed by atoms with E-state index in [0.29, 0.717) is 18.2 Å². The second-order valence-electron chi connectivity index (χ2n) is 9.70. The Hall–Kier alpha value is -1.38. The number of rotatable bonds is 10. The molecule has 3 atom stereocenters.